The molecule has 0 amide bonds. The number of aliphatic carboxylic acids is 1. The standard InChI is InChI=1S/C38H41FN2O4/c1-23-33(28-11-12-30-22-41(16-15-26(30)19-28)21-25-8-6-10-31(39)18-25)35(29-13-14-32-27(20-29)9-7-17-44-32)34(24(2)40-23)36(37(42)43)45-38(3,4)5/h6,8,10-14,18-20,36H,7,9,15-17,21-22H2,1-5H3,(H,42,43). The van der Waals surface area contributed by atoms with Gasteiger partial charge in [-0.2, -0.15) is 0 Å². The van der Waals surface area contributed by atoms with E-state index in [0.717, 1.165) is 77.2 Å². The second-order valence-corrected chi connectivity index (χ2v) is 13.2. The first-order valence-corrected chi connectivity index (χ1v) is 15.7. The van der Waals surface area contributed by atoms with E-state index in [4.69, 9.17) is 14.5 Å². The molecular formula is C38H41FN2O4. The Morgan fingerprint density at radius 2 is 1.73 bits per heavy atom. The Morgan fingerprint density at radius 1 is 0.978 bits per heavy atom. The minimum Gasteiger partial charge on any atom is -0.493 e. The van der Waals surface area contributed by atoms with E-state index in [1.165, 1.54) is 17.2 Å². The number of hydrogen-bond acceptors (Lipinski definition) is 5. The molecule has 1 atom stereocenters. The number of ether oxygens (including phenoxy) is 2. The Labute approximate surface area is 264 Å². The zero-order chi connectivity index (χ0) is 31.9. The highest BCUT2D eigenvalue weighted by molar-refractivity contribution is 5.91. The minimum absolute atomic E-state index is 0.212. The highest BCUT2D eigenvalue weighted by atomic mass is 19.1. The van der Waals surface area contributed by atoms with Crippen LogP contribution >= 0.6 is 0 Å². The van der Waals surface area contributed by atoms with E-state index in [-0.39, 0.29) is 5.82 Å². The number of hydrogen-bond donors (Lipinski definition) is 1. The molecule has 6 nitrogen and oxygen atoms in total. The van der Waals surface area contributed by atoms with Crippen molar-refractivity contribution in [3.05, 3.63) is 106 Å². The quantitative estimate of drug-likeness (QED) is 0.229. The van der Waals surface area contributed by atoms with Gasteiger partial charge in [-0.25, -0.2) is 9.18 Å². The molecule has 0 saturated carbocycles. The molecule has 6 rings (SSSR count). The largest absolute Gasteiger partial charge is 0.493 e. The van der Waals surface area contributed by atoms with E-state index in [9.17, 15) is 14.3 Å². The first-order chi connectivity index (χ1) is 21.5. The van der Waals surface area contributed by atoms with Crippen molar-refractivity contribution in [3.63, 3.8) is 0 Å². The third-order valence-electron chi connectivity index (χ3n) is 8.64. The lowest BCUT2D eigenvalue weighted by molar-refractivity contribution is -0.160. The molecule has 3 heterocycles. The fraction of sp³-hybridized carbons (Fsp3) is 0.368. The van der Waals surface area contributed by atoms with Crippen LogP contribution in [0.3, 0.4) is 0 Å². The van der Waals surface area contributed by atoms with Crippen LogP contribution in [0.4, 0.5) is 4.39 Å². The van der Waals surface area contributed by atoms with Gasteiger partial charge in [-0.3, -0.25) is 9.88 Å². The number of pyridine rings is 1. The lowest BCUT2D eigenvalue weighted by Crippen LogP contribution is -2.30. The Kier molecular flexibility index (Phi) is 8.51. The van der Waals surface area contributed by atoms with Crippen LogP contribution in [0.5, 0.6) is 5.75 Å². The van der Waals surface area contributed by atoms with E-state index < -0.39 is 17.7 Å². The summed E-state index contributed by atoms with van der Waals surface area (Å²) in [6.45, 7) is 12.5. The molecule has 0 fully saturated rings. The molecule has 234 valence electrons. The van der Waals surface area contributed by atoms with Gasteiger partial charge in [0.05, 0.1) is 12.2 Å². The van der Waals surface area contributed by atoms with Crippen molar-refractivity contribution in [2.45, 2.75) is 78.7 Å². The molecule has 1 N–H and O–H groups in total. The van der Waals surface area contributed by atoms with Gasteiger partial charge < -0.3 is 14.6 Å². The smallest absolute Gasteiger partial charge is 0.337 e. The number of nitrogens with zero attached hydrogens (tertiary/aromatic N) is 2. The van der Waals surface area contributed by atoms with Crippen LogP contribution in [-0.2, 0) is 35.5 Å². The third kappa shape index (κ3) is 6.65. The van der Waals surface area contributed by atoms with Crippen molar-refractivity contribution in [2.75, 3.05) is 13.2 Å². The van der Waals surface area contributed by atoms with Gasteiger partial charge in [0, 0.05) is 42.1 Å². The van der Waals surface area contributed by atoms with Gasteiger partial charge in [-0.15, -0.1) is 0 Å². The average Bonchev–Trinajstić information content (AvgIpc) is 2.99. The molecule has 0 aliphatic carbocycles. The number of aromatic nitrogens is 1. The second-order valence-electron chi connectivity index (χ2n) is 13.2. The Balaban J connectivity index is 1.47. The molecule has 1 aromatic heterocycles. The number of carboxylic acid groups (broad SMARTS) is 1. The van der Waals surface area contributed by atoms with Crippen LogP contribution in [0.2, 0.25) is 0 Å². The third-order valence-corrected chi connectivity index (χ3v) is 8.64. The van der Waals surface area contributed by atoms with E-state index in [0.29, 0.717) is 24.4 Å². The summed E-state index contributed by atoms with van der Waals surface area (Å²) in [4.78, 5) is 20.1. The molecule has 45 heavy (non-hydrogen) atoms. The lowest BCUT2D eigenvalue weighted by Gasteiger charge is -2.31. The minimum atomic E-state index is -1.20. The number of carboxylic acids is 1. The van der Waals surface area contributed by atoms with Crippen LogP contribution in [0.15, 0.2) is 60.7 Å². The van der Waals surface area contributed by atoms with Crippen LogP contribution in [-0.4, -0.2) is 39.7 Å². The molecule has 0 spiro atoms. The monoisotopic (exact) mass is 608 g/mol. The van der Waals surface area contributed by atoms with Gasteiger partial charge in [-0.1, -0.05) is 36.4 Å². The number of aryl methyl sites for hydroxylation is 3. The van der Waals surface area contributed by atoms with Crippen LogP contribution in [0, 0.1) is 19.7 Å². The van der Waals surface area contributed by atoms with Gasteiger partial charge in [0.25, 0.3) is 0 Å². The van der Waals surface area contributed by atoms with E-state index >= 15 is 0 Å². The molecule has 2 aliphatic heterocycles. The number of benzene rings is 3. The molecule has 4 aromatic rings. The maximum absolute atomic E-state index is 13.8. The van der Waals surface area contributed by atoms with Crippen LogP contribution in [0.25, 0.3) is 22.3 Å². The summed E-state index contributed by atoms with van der Waals surface area (Å²) in [7, 11) is 0. The van der Waals surface area contributed by atoms with Gasteiger partial charge in [0.2, 0.25) is 0 Å². The Hall–Kier alpha value is -4.07. The number of rotatable bonds is 7. The SMILES string of the molecule is Cc1nc(C)c(C(OC(C)(C)C)C(=O)O)c(-c2ccc3c(c2)CCCO3)c1-c1ccc2c(c1)CCN(Cc1cccc(F)c1)C2. The molecule has 7 heteroatoms. The molecule has 1 unspecified atom stereocenters. The predicted octanol–water partition coefficient (Wildman–Crippen LogP) is 8.00. The number of halogens is 1. The van der Waals surface area contributed by atoms with Crippen molar-refractivity contribution in [3.8, 4) is 28.0 Å². The summed E-state index contributed by atoms with van der Waals surface area (Å²) in [5, 5.41) is 10.5. The fourth-order valence-corrected chi connectivity index (χ4v) is 6.74. The van der Waals surface area contributed by atoms with Gasteiger partial charge in [0.15, 0.2) is 6.10 Å². The maximum atomic E-state index is 13.8. The Bertz CT molecular complexity index is 1760. The zero-order valence-electron chi connectivity index (χ0n) is 26.7. The Morgan fingerprint density at radius 3 is 2.49 bits per heavy atom. The molecular weight excluding hydrogens is 567 g/mol. The molecule has 0 radical (unpaired) electrons. The molecule has 2 aliphatic rings. The number of fused-ring (bicyclic) bond motifs is 2. The summed E-state index contributed by atoms with van der Waals surface area (Å²) >= 11 is 0. The summed E-state index contributed by atoms with van der Waals surface area (Å²) in [6.07, 6.45) is 1.51. The van der Waals surface area contributed by atoms with Gasteiger partial charge >= 0.3 is 5.97 Å². The molecule has 0 bridgehead atoms. The van der Waals surface area contributed by atoms with Gasteiger partial charge in [0.1, 0.15) is 11.6 Å². The van der Waals surface area contributed by atoms with Crippen molar-refractivity contribution in [1.82, 2.24) is 9.88 Å². The van der Waals surface area contributed by atoms with Gasteiger partial charge in [-0.05, 0) is 117 Å². The first kappa shape index (κ1) is 30.9. The summed E-state index contributed by atoms with van der Waals surface area (Å²) in [5.41, 5.74) is 9.65. The van der Waals surface area contributed by atoms with E-state index in [1.807, 2.05) is 52.8 Å². The highest BCUT2D eigenvalue weighted by Crippen LogP contribution is 2.44. The van der Waals surface area contributed by atoms with Crippen molar-refractivity contribution in [2.24, 2.45) is 0 Å². The maximum Gasteiger partial charge on any atom is 0.337 e. The van der Waals surface area contributed by atoms with Crippen molar-refractivity contribution in [1.29, 1.82) is 0 Å². The summed E-state index contributed by atoms with van der Waals surface area (Å²) in [5.74, 6) is -0.375. The predicted molar refractivity (Wildman–Crippen MR) is 174 cm³/mol. The van der Waals surface area contributed by atoms with Crippen LogP contribution in [0.1, 0.15) is 72.5 Å². The van der Waals surface area contributed by atoms with Crippen molar-refractivity contribution >= 4 is 5.97 Å². The zero-order valence-corrected chi connectivity index (χ0v) is 26.7. The van der Waals surface area contributed by atoms with E-state index in [2.05, 4.69) is 29.2 Å². The highest BCUT2D eigenvalue weighted by Gasteiger charge is 2.34. The summed E-state index contributed by atoms with van der Waals surface area (Å²) < 4.78 is 26.0. The van der Waals surface area contributed by atoms with E-state index in [1.54, 1.807) is 12.1 Å². The normalized spacial score (nSPS) is 15.6. The molecule has 0 saturated heterocycles. The number of carbonyl (C=O) groups is 1. The molecule has 3 aromatic carbocycles. The lowest BCUT2D eigenvalue weighted by atomic mass is 9.84. The summed E-state index contributed by atoms with van der Waals surface area (Å²) in [6, 6.07) is 19.5. The fourth-order valence-electron chi connectivity index (χ4n) is 6.74. The average molecular weight is 609 g/mol. The second kappa shape index (κ2) is 12.4. The topological polar surface area (TPSA) is 71.9 Å². The first-order valence-electron chi connectivity index (χ1n) is 15.7. The van der Waals surface area contributed by atoms with Crippen LogP contribution < -0.4 is 4.74 Å². The van der Waals surface area contributed by atoms with Crippen molar-refractivity contribution < 1.29 is 23.8 Å².